The average Bonchev–Trinajstić information content (AvgIpc) is 1.84. The predicted molar refractivity (Wildman–Crippen MR) is 53.2 cm³/mol. The highest BCUT2D eigenvalue weighted by molar-refractivity contribution is 4.65. The van der Waals surface area contributed by atoms with Crippen molar-refractivity contribution in [3.8, 4) is 0 Å². The molecule has 0 spiro atoms. The van der Waals surface area contributed by atoms with Gasteiger partial charge in [0.1, 0.15) is 0 Å². The molecule has 0 aliphatic carbocycles. The van der Waals surface area contributed by atoms with Crippen LogP contribution in [0.3, 0.4) is 0 Å². The van der Waals surface area contributed by atoms with Crippen molar-refractivity contribution in [3.63, 3.8) is 0 Å². The van der Waals surface area contributed by atoms with Crippen molar-refractivity contribution in [1.82, 2.24) is 0 Å². The van der Waals surface area contributed by atoms with Gasteiger partial charge < -0.3 is 10.5 Å². The topological polar surface area (TPSA) is 35.2 Å². The summed E-state index contributed by atoms with van der Waals surface area (Å²) in [5, 5.41) is 0. The van der Waals surface area contributed by atoms with Crippen LogP contribution in [0.1, 0.15) is 40.5 Å². The number of hydrogen-bond acceptors (Lipinski definition) is 2. The third kappa shape index (κ3) is 8.02. The first kappa shape index (κ1) is 11.9. The van der Waals surface area contributed by atoms with Crippen molar-refractivity contribution in [2.45, 2.75) is 46.6 Å². The Labute approximate surface area is 76.5 Å². The maximum absolute atomic E-state index is 5.58. The van der Waals surface area contributed by atoms with Crippen molar-refractivity contribution < 1.29 is 4.74 Å². The van der Waals surface area contributed by atoms with Crippen LogP contribution < -0.4 is 5.73 Å². The molecular formula is C10H23NO. The standard InChI is InChI=1S/C10H23NO/c1-9(8-10(2,3)4)12-7-5-6-11/h9H,5-8,11H2,1-4H3. The molecule has 0 aliphatic heterocycles. The van der Waals surface area contributed by atoms with Crippen molar-refractivity contribution in [3.05, 3.63) is 0 Å². The molecule has 0 saturated heterocycles. The van der Waals surface area contributed by atoms with Gasteiger partial charge in [0.25, 0.3) is 0 Å². The Balaban J connectivity index is 3.40. The molecule has 0 aromatic rings. The minimum absolute atomic E-state index is 0.358. The van der Waals surface area contributed by atoms with Gasteiger partial charge in [0.2, 0.25) is 0 Å². The van der Waals surface area contributed by atoms with E-state index in [1.807, 2.05) is 0 Å². The lowest BCUT2D eigenvalue weighted by Crippen LogP contribution is -2.19. The normalized spacial score (nSPS) is 14.8. The van der Waals surface area contributed by atoms with Crippen LogP contribution in [0.25, 0.3) is 0 Å². The van der Waals surface area contributed by atoms with Gasteiger partial charge >= 0.3 is 0 Å². The van der Waals surface area contributed by atoms with Crippen LogP contribution in [0.4, 0.5) is 0 Å². The molecule has 12 heavy (non-hydrogen) atoms. The number of nitrogens with two attached hydrogens (primary N) is 1. The van der Waals surface area contributed by atoms with Gasteiger partial charge in [-0.05, 0) is 31.7 Å². The van der Waals surface area contributed by atoms with E-state index in [2.05, 4.69) is 27.7 Å². The van der Waals surface area contributed by atoms with Crippen molar-refractivity contribution in [1.29, 1.82) is 0 Å². The molecule has 2 N–H and O–H groups in total. The Morgan fingerprint density at radius 2 is 1.92 bits per heavy atom. The summed E-state index contributed by atoms with van der Waals surface area (Å²) < 4.78 is 5.58. The Morgan fingerprint density at radius 1 is 1.33 bits per heavy atom. The van der Waals surface area contributed by atoms with Crippen LogP contribution >= 0.6 is 0 Å². The second kappa shape index (κ2) is 5.55. The van der Waals surface area contributed by atoms with E-state index in [1.54, 1.807) is 0 Å². The first-order valence-corrected chi connectivity index (χ1v) is 4.77. The molecule has 1 unspecified atom stereocenters. The molecule has 2 heteroatoms. The molecule has 74 valence electrons. The maximum Gasteiger partial charge on any atom is 0.0552 e. The molecule has 0 radical (unpaired) electrons. The van der Waals surface area contributed by atoms with E-state index in [-0.39, 0.29) is 0 Å². The Morgan fingerprint density at radius 3 is 2.33 bits per heavy atom. The van der Waals surface area contributed by atoms with E-state index >= 15 is 0 Å². The molecule has 0 aromatic heterocycles. The van der Waals surface area contributed by atoms with Crippen LogP contribution in [0.15, 0.2) is 0 Å². The highest BCUT2D eigenvalue weighted by Crippen LogP contribution is 2.21. The zero-order valence-corrected chi connectivity index (χ0v) is 8.89. The van der Waals surface area contributed by atoms with E-state index in [0.717, 1.165) is 26.0 Å². The summed E-state index contributed by atoms with van der Waals surface area (Å²) in [6.07, 6.45) is 2.43. The van der Waals surface area contributed by atoms with Gasteiger partial charge in [0.05, 0.1) is 6.10 Å². The second-order valence-corrected chi connectivity index (χ2v) is 4.59. The quantitative estimate of drug-likeness (QED) is 0.647. The minimum Gasteiger partial charge on any atom is -0.378 e. The molecule has 2 nitrogen and oxygen atoms in total. The van der Waals surface area contributed by atoms with Crippen LogP contribution in [0, 0.1) is 5.41 Å². The summed E-state index contributed by atoms with van der Waals surface area (Å²) in [5.74, 6) is 0. The van der Waals surface area contributed by atoms with E-state index in [0.29, 0.717) is 11.5 Å². The number of hydrogen-bond donors (Lipinski definition) is 1. The lowest BCUT2D eigenvalue weighted by atomic mass is 9.90. The van der Waals surface area contributed by atoms with Crippen LogP contribution in [-0.2, 0) is 4.74 Å². The smallest absolute Gasteiger partial charge is 0.0552 e. The zero-order chi connectivity index (χ0) is 9.61. The highest BCUT2D eigenvalue weighted by atomic mass is 16.5. The summed E-state index contributed by atoms with van der Waals surface area (Å²) in [4.78, 5) is 0. The van der Waals surface area contributed by atoms with Crippen molar-refractivity contribution in [2.75, 3.05) is 13.2 Å². The number of rotatable bonds is 5. The molecule has 0 amide bonds. The van der Waals surface area contributed by atoms with E-state index < -0.39 is 0 Å². The van der Waals surface area contributed by atoms with E-state index in [9.17, 15) is 0 Å². The highest BCUT2D eigenvalue weighted by Gasteiger charge is 2.14. The molecule has 1 atom stereocenters. The predicted octanol–water partition coefficient (Wildman–Crippen LogP) is 2.18. The fourth-order valence-electron chi connectivity index (χ4n) is 1.29. The average molecular weight is 173 g/mol. The van der Waals surface area contributed by atoms with Gasteiger partial charge in [0.15, 0.2) is 0 Å². The lowest BCUT2D eigenvalue weighted by Gasteiger charge is -2.23. The van der Waals surface area contributed by atoms with Gasteiger partial charge in [-0.3, -0.25) is 0 Å². The molecule has 0 aromatic carbocycles. The van der Waals surface area contributed by atoms with Crippen LogP contribution in [0.5, 0.6) is 0 Å². The lowest BCUT2D eigenvalue weighted by molar-refractivity contribution is 0.0378. The molecule has 0 heterocycles. The van der Waals surface area contributed by atoms with Crippen LogP contribution in [0.2, 0.25) is 0 Å². The largest absolute Gasteiger partial charge is 0.378 e. The van der Waals surface area contributed by atoms with Gasteiger partial charge in [-0.2, -0.15) is 0 Å². The zero-order valence-electron chi connectivity index (χ0n) is 8.89. The molecule has 0 fully saturated rings. The monoisotopic (exact) mass is 173 g/mol. The third-order valence-corrected chi connectivity index (χ3v) is 1.65. The first-order valence-electron chi connectivity index (χ1n) is 4.77. The van der Waals surface area contributed by atoms with E-state index in [1.165, 1.54) is 0 Å². The van der Waals surface area contributed by atoms with Gasteiger partial charge in [0, 0.05) is 6.61 Å². The molecule has 0 bridgehead atoms. The SMILES string of the molecule is CC(CC(C)(C)C)OCCCN. The third-order valence-electron chi connectivity index (χ3n) is 1.65. The van der Waals surface area contributed by atoms with Gasteiger partial charge in [-0.1, -0.05) is 20.8 Å². The Hall–Kier alpha value is -0.0800. The Bertz CT molecular complexity index is 107. The summed E-state index contributed by atoms with van der Waals surface area (Å²) in [6.45, 7) is 10.3. The van der Waals surface area contributed by atoms with Crippen LogP contribution in [-0.4, -0.2) is 19.3 Å². The Kier molecular flexibility index (Phi) is 5.51. The summed E-state index contributed by atoms with van der Waals surface area (Å²) >= 11 is 0. The van der Waals surface area contributed by atoms with Gasteiger partial charge in [-0.25, -0.2) is 0 Å². The fourth-order valence-corrected chi connectivity index (χ4v) is 1.29. The summed E-state index contributed by atoms with van der Waals surface area (Å²) in [7, 11) is 0. The summed E-state index contributed by atoms with van der Waals surface area (Å²) in [5.41, 5.74) is 5.73. The second-order valence-electron chi connectivity index (χ2n) is 4.59. The molecule has 0 rings (SSSR count). The maximum atomic E-state index is 5.58. The molecular weight excluding hydrogens is 150 g/mol. The first-order chi connectivity index (χ1) is 5.45. The minimum atomic E-state index is 0.358. The van der Waals surface area contributed by atoms with Gasteiger partial charge in [-0.15, -0.1) is 0 Å². The van der Waals surface area contributed by atoms with Crippen molar-refractivity contribution in [2.24, 2.45) is 11.1 Å². The molecule has 0 aliphatic rings. The number of ether oxygens (including phenoxy) is 1. The molecule has 0 saturated carbocycles. The van der Waals surface area contributed by atoms with Crippen molar-refractivity contribution >= 4 is 0 Å². The fraction of sp³-hybridized carbons (Fsp3) is 1.00. The summed E-state index contributed by atoms with van der Waals surface area (Å²) in [6, 6.07) is 0. The van der Waals surface area contributed by atoms with E-state index in [4.69, 9.17) is 10.5 Å².